The van der Waals surface area contributed by atoms with Gasteiger partial charge in [0.25, 0.3) is 0 Å². The van der Waals surface area contributed by atoms with Gasteiger partial charge in [-0.3, -0.25) is 4.79 Å². The first kappa shape index (κ1) is 13.5. The lowest BCUT2D eigenvalue weighted by atomic mass is 9.89. The van der Waals surface area contributed by atoms with Crippen LogP contribution in [-0.2, 0) is 4.79 Å². The number of benzene rings is 1. The number of amides is 1. The van der Waals surface area contributed by atoms with Gasteiger partial charge in [-0.1, -0.05) is 0 Å². The first-order valence-corrected chi connectivity index (χ1v) is 7.11. The highest BCUT2D eigenvalue weighted by atomic mass is 19.1. The number of hydrogen-bond acceptors (Lipinski definition) is 2. The average molecular weight is 280 g/mol. The minimum absolute atomic E-state index is 0.0494. The van der Waals surface area contributed by atoms with Crippen LogP contribution < -0.4 is 10.6 Å². The molecule has 0 aromatic heterocycles. The van der Waals surface area contributed by atoms with E-state index in [0.29, 0.717) is 24.4 Å². The summed E-state index contributed by atoms with van der Waals surface area (Å²) >= 11 is 0. The van der Waals surface area contributed by atoms with Crippen molar-refractivity contribution in [1.29, 1.82) is 0 Å². The fourth-order valence-electron chi connectivity index (χ4n) is 3.40. The van der Waals surface area contributed by atoms with Gasteiger partial charge in [0.05, 0.1) is 5.69 Å². The maximum absolute atomic E-state index is 13.5. The molecule has 0 spiro atoms. The molecule has 2 saturated heterocycles. The van der Waals surface area contributed by atoms with E-state index in [1.54, 1.807) is 0 Å². The second-order valence-corrected chi connectivity index (χ2v) is 5.85. The van der Waals surface area contributed by atoms with Crippen LogP contribution in [0.2, 0.25) is 0 Å². The fourth-order valence-corrected chi connectivity index (χ4v) is 3.40. The Kier molecular flexibility index (Phi) is 3.70. The SMILES string of the molecule is O=C(CC1CC2CC[C@@H](C1)N2)Nc1ccc(F)cc1F. The number of carbonyl (C=O) groups excluding carboxylic acids is 1. The van der Waals surface area contributed by atoms with Crippen LogP contribution in [0.1, 0.15) is 32.1 Å². The van der Waals surface area contributed by atoms with Crippen molar-refractivity contribution in [3.05, 3.63) is 29.8 Å². The molecule has 3 rings (SSSR count). The molecule has 0 aliphatic carbocycles. The Hall–Kier alpha value is -1.49. The highest BCUT2D eigenvalue weighted by Gasteiger charge is 2.34. The van der Waals surface area contributed by atoms with Crippen molar-refractivity contribution in [2.75, 3.05) is 5.32 Å². The molecule has 5 heteroatoms. The number of rotatable bonds is 3. The largest absolute Gasteiger partial charge is 0.324 e. The van der Waals surface area contributed by atoms with Gasteiger partial charge in [-0.2, -0.15) is 0 Å². The monoisotopic (exact) mass is 280 g/mol. The summed E-state index contributed by atoms with van der Waals surface area (Å²) < 4.78 is 26.2. The van der Waals surface area contributed by atoms with Crippen molar-refractivity contribution in [3.63, 3.8) is 0 Å². The van der Waals surface area contributed by atoms with E-state index in [1.165, 1.54) is 18.9 Å². The zero-order valence-electron chi connectivity index (χ0n) is 11.2. The van der Waals surface area contributed by atoms with E-state index < -0.39 is 11.6 Å². The molecule has 2 aliphatic rings. The number of hydrogen-bond donors (Lipinski definition) is 2. The van der Waals surface area contributed by atoms with Crippen LogP contribution in [-0.4, -0.2) is 18.0 Å². The summed E-state index contributed by atoms with van der Waals surface area (Å²) in [7, 11) is 0. The van der Waals surface area contributed by atoms with Crippen molar-refractivity contribution < 1.29 is 13.6 Å². The van der Waals surface area contributed by atoms with E-state index in [4.69, 9.17) is 0 Å². The molecule has 1 aromatic carbocycles. The molecule has 20 heavy (non-hydrogen) atoms. The van der Waals surface area contributed by atoms with E-state index in [2.05, 4.69) is 10.6 Å². The van der Waals surface area contributed by atoms with Gasteiger partial charge in [0.2, 0.25) is 5.91 Å². The Morgan fingerprint density at radius 2 is 1.95 bits per heavy atom. The molecule has 2 fully saturated rings. The van der Waals surface area contributed by atoms with Gasteiger partial charge >= 0.3 is 0 Å². The topological polar surface area (TPSA) is 41.1 Å². The van der Waals surface area contributed by atoms with Crippen molar-refractivity contribution >= 4 is 11.6 Å². The molecule has 108 valence electrons. The molecule has 2 N–H and O–H groups in total. The third-order valence-corrected chi connectivity index (χ3v) is 4.25. The molecule has 2 aliphatic heterocycles. The van der Waals surface area contributed by atoms with Crippen molar-refractivity contribution in [3.8, 4) is 0 Å². The number of anilines is 1. The third kappa shape index (κ3) is 2.98. The van der Waals surface area contributed by atoms with Crippen LogP contribution in [0.15, 0.2) is 18.2 Å². The first-order valence-electron chi connectivity index (χ1n) is 7.11. The van der Waals surface area contributed by atoms with E-state index >= 15 is 0 Å². The normalized spacial score (nSPS) is 28.4. The molecule has 0 radical (unpaired) electrons. The van der Waals surface area contributed by atoms with Crippen molar-refractivity contribution in [1.82, 2.24) is 5.32 Å². The van der Waals surface area contributed by atoms with Gasteiger partial charge in [0, 0.05) is 24.6 Å². The predicted octanol–water partition coefficient (Wildman–Crippen LogP) is 2.82. The lowest BCUT2D eigenvalue weighted by Crippen LogP contribution is -2.39. The average Bonchev–Trinajstić information content (AvgIpc) is 2.72. The Morgan fingerprint density at radius 3 is 2.60 bits per heavy atom. The van der Waals surface area contributed by atoms with Gasteiger partial charge in [-0.15, -0.1) is 0 Å². The van der Waals surface area contributed by atoms with Crippen LogP contribution in [0.4, 0.5) is 14.5 Å². The highest BCUT2D eigenvalue weighted by Crippen LogP contribution is 2.32. The van der Waals surface area contributed by atoms with Gasteiger partial charge < -0.3 is 10.6 Å². The number of piperidine rings is 1. The van der Waals surface area contributed by atoms with Gasteiger partial charge in [-0.05, 0) is 43.7 Å². The summed E-state index contributed by atoms with van der Waals surface area (Å²) in [6.07, 6.45) is 4.81. The molecule has 3 nitrogen and oxygen atoms in total. The zero-order valence-corrected chi connectivity index (χ0v) is 11.2. The lowest BCUT2D eigenvalue weighted by Gasteiger charge is -2.28. The molecular weight excluding hydrogens is 262 g/mol. The summed E-state index contributed by atoms with van der Waals surface area (Å²) in [5.74, 6) is -1.21. The number of carbonyl (C=O) groups is 1. The summed E-state index contributed by atoms with van der Waals surface area (Å²) in [4.78, 5) is 12.0. The minimum Gasteiger partial charge on any atom is -0.324 e. The third-order valence-electron chi connectivity index (χ3n) is 4.25. The van der Waals surface area contributed by atoms with Crippen LogP contribution in [0, 0.1) is 17.6 Å². The molecule has 0 saturated carbocycles. The lowest BCUT2D eigenvalue weighted by molar-refractivity contribution is -0.117. The van der Waals surface area contributed by atoms with Crippen LogP contribution >= 0.6 is 0 Å². The number of halogens is 2. The van der Waals surface area contributed by atoms with Crippen LogP contribution in [0.3, 0.4) is 0 Å². The maximum atomic E-state index is 13.5. The van der Waals surface area contributed by atoms with E-state index in [1.807, 2.05) is 0 Å². The molecule has 3 atom stereocenters. The van der Waals surface area contributed by atoms with Crippen LogP contribution in [0.25, 0.3) is 0 Å². The van der Waals surface area contributed by atoms with E-state index in [0.717, 1.165) is 25.0 Å². The number of fused-ring (bicyclic) bond motifs is 2. The first-order chi connectivity index (χ1) is 9.60. The Balaban J connectivity index is 1.57. The van der Waals surface area contributed by atoms with Crippen molar-refractivity contribution in [2.24, 2.45) is 5.92 Å². The zero-order chi connectivity index (χ0) is 14.1. The van der Waals surface area contributed by atoms with Crippen LogP contribution in [0.5, 0.6) is 0 Å². The Morgan fingerprint density at radius 1 is 1.25 bits per heavy atom. The highest BCUT2D eigenvalue weighted by molar-refractivity contribution is 5.90. The summed E-state index contributed by atoms with van der Waals surface area (Å²) in [5.41, 5.74) is 0.0494. The van der Waals surface area contributed by atoms with E-state index in [9.17, 15) is 13.6 Å². The second kappa shape index (κ2) is 5.48. The smallest absolute Gasteiger partial charge is 0.224 e. The summed E-state index contributed by atoms with van der Waals surface area (Å²) in [6.45, 7) is 0. The number of nitrogens with one attached hydrogen (secondary N) is 2. The Labute approximate surface area is 116 Å². The molecule has 2 unspecified atom stereocenters. The van der Waals surface area contributed by atoms with Gasteiger partial charge in [0.15, 0.2) is 0 Å². The van der Waals surface area contributed by atoms with Crippen molar-refractivity contribution in [2.45, 2.75) is 44.2 Å². The molecule has 1 amide bonds. The van der Waals surface area contributed by atoms with Gasteiger partial charge in [-0.25, -0.2) is 8.78 Å². The quantitative estimate of drug-likeness (QED) is 0.894. The molecule has 2 heterocycles. The molecule has 1 aromatic rings. The predicted molar refractivity (Wildman–Crippen MR) is 72.3 cm³/mol. The Bertz CT molecular complexity index is 509. The molecule has 2 bridgehead atoms. The fraction of sp³-hybridized carbons (Fsp3) is 0.533. The summed E-state index contributed by atoms with van der Waals surface area (Å²) in [5, 5.41) is 6.06. The molecular formula is C15H18F2N2O. The maximum Gasteiger partial charge on any atom is 0.224 e. The second-order valence-electron chi connectivity index (χ2n) is 5.85. The van der Waals surface area contributed by atoms with Gasteiger partial charge in [0.1, 0.15) is 11.6 Å². The standard InChI is InChI=1S/C15H18F2N2O/c16-10-1-4-14(13(17)8-10)19-15(20)7-9-5-11-2-3-12(6-9)18-11/h1,4,8-9,11-12,18H,2-3,5-7H2,(H,19,20)/t9?,11-,12?/m0/s1. The minimum atomic E-state index is -0.733. The summed E-state index contributed by atoms with van der Waals surface area (Å²) in [6, 6.07) is 4.25. The van der Waals surface area contributed by atoms with E-state index in [-0.39, 0.29) is 11.6 Å².